The Balaban J connectivity index is 5.37. The van der Waals surface area contributed by atoms with Crippen LogP contribution in [0.3, 0.4) is 0 Å². The van der Waals surface area contributed by atoms with E-state index in [2.05, 4.69) is 38.9 Å². The molecule has 23 heavy (non-hydrogen) atoms. The first kappa shape index (κ1) is 20.9. The molecule has 126 valence electrons. The minimum absolute atomic E-state index is 0.621. The van der Waals surface area contributed by atoms with Gasteiger partial charge in [-0.15, -0.1) is 0 Å². The third-order valence-corrected chi connectivity index (χ3v) is 2.97. The van der Waals surface area contributed by atoms with E-state index in [-0.39, 0.29) is 0 Å². The lowest BCUT2D eigenvalue weighted by Crippen LogP contribution is -1.94. The first-order chi connectivity index (χ1) is 10.8. The normalized spacial score (nSPS) is 12.8. The minimum atomic E-state index is 0.621. The van der Waals surface area contributed by atoms with Gasteiger partial charge in [0.2, 0.25) is 0 Å². The van der Waals surface area contributed by atoms with E-state index in [0.29, 0.717) is 12.4 Å². The highest BCUT2D eigenvalue weighted by molar-refractivity contribution is 5.60. The summed E-state index contributed by atoms with van der Waals surface area (Å²) in [6, 6.07) is 0. The molecule has 0 rings (SSSR count). The fraction of sp³-hybridized carbons (Fsp3) is 0.381. The van der Waals surface area contributed by atoms with Gasteiger partial charge in [0.05, 0.1) is 12.3 Å². The molecule has 0 radical (unpaired) electrons. The number of hydrogen-bond donors (Lipinski definition) is 0. The van der Waals surface area contributed by atoms with E-state index in [1.54, 1.807) is 0 Å². The second-order valence-corrected chi connectivity index (χ2v) is 5.57. The number of nitrogens with zero attached hydrogens (tertiary/aromatic N) is 1. The average molecular weight is 313 g/mol. The number of rotatable bonds is 9. The molecule has 0 spiro atoms. The Morgan fingerprint density at radius 1 is 1.09 bits per heavy atom. The van der Waals surface area contributed by atoms with Crippen LogP contribution in [-0.4, -0.2) is 12.8 Å². The Labute approximate surface area is 142 Å². The maximum absolute atomic E-state index is 5.51. The largest absolute Gasteiger partial charge is 0.494 e. The molecule has 0 saturated heterocycles. The molecule has 0 aromatic heterocycles. The van der Waals surface area contributed by atoms with Crippen molar-refractivity contribution in [3.05, 3.63) is 71.2 Å². The lowest BCUT2D eigenvalue weighted by Gasteiger charge is -2.09. The van der Waals surface area contributed by atoms with Gasteiger partial charge in [-0.2, -0.15) is 0 Å². The van der Waals surface area contributed by atoms with Crippen molar-refractivity contribution in [2.24, 2.45) is 4.99 Å². The van der Waals surface area contributed by atoms with Gasteiger partial charge in [0.1, 0.15) is 5.76 Å². The fourth-order valence-electron chi connectivity index (χ4n) is 1.84. The first-order valence-corrected chi connectivity index (χ1v) is 8.08. The van der Waals surface area contributed by atoms with Gasteiger partial charge in [0, 0.05) is 11.8 Å². The van der Waals surface area contributed by atoms with Crippen molar-refractivity contribution < 1.29 is 4.74 Å². The molecule has 0 heterocycles. The predicted molar refractivity (Wildman–Crippen MR) is 104 cm³/mol. The Kier molecular flexibility index (Phi) is 10.4. The number of ether oxygens (including phenoxy) is 1. The van der Waals surface area contributed by atoms with Crippen LogP contribution in [-0.2, 0) is 4.74 Å². The Morgan fingerprint density at radius 3 is 2.22 bits per heavy atom. The van der Waals surface area contributed by atoms with Gasteiger partial charge in [0.15, 0.2) is 0 Å². The highest BCUT2D eigenvalue weighted by Crippen LogP contribution is 2.17. The van der Waals surface area contributed by atoms with Crippen molar-refractivity contribution in [2.45, 2.75) is 48.0 Å². The molecular weight excluding hydrogens is 282 g/mol. The summed E-state index contributed by atoms with van der Waals surface area (Å²) in [7, 11) is 0. The van der Waals surface area contributed by atoms with Gasteiger partial charge in [-0.05, 0) is 52.7 Å². The third-order valence-electron chi connectivity index (χ3n) is 2.97. The molecule has 0 fully saturated rings. The SMILES string of the molecule is C=C(C)/C=C(\N=C/CC)C(/C)=C/C=C\C(C(=C)OCC)=C(C)C. The average Bonchev–Trinajstić information content (AvgIpc) is 2.47. The maximum atomic E-state index is 5.51. The van der Waals surface area contributed by atoms with Gasteiger partial charge in [-0.25, -0.2) is 0 Å². The van der Waals surface area contributed by atoms with Crippen LogP contribution in [0.25, 0.3) is 0 Å². The zero-order valence-electron chi connectivity index (χ0n) is 15.6. The van der Waals surface area contributed by atoms with Crippen LogP contribution in [0, 0.1) is 0 Å². The quantitative estimate of drug-likeness (QED) is 0.277. The van der Waals surface area contributed by atoms with E-state index >= 15 is 0 Å². The van der Waals surface area contributed by atoms with Crippen molar-refractivity contribution >= 4 is 6.21 Å². The molecule has 0 atom stereocenters. The van der Waals surface area contributed by atoms with E-state index in [1.807, 2.05) is 51.3 Å². The summed E-state index contributed by atoms with van der Waals surface area (Å²) in [5.41, 5.74) is 5.21. The van der Waals surface area contributed by atoms with Crippen LogP contribution in [0.5, 0.6) is 0 Å². The van der Waals surface area contributed by atoms with Crippen molar-refractivity contribution in [1.82, 2.24) is 0 Å². The zero-order valence-corrected chi connectivity index (χ0v) is 15.6. The van der Waals surface area contributed by atoms with Crippen LogP contribution >= 0.6 is 0 Å². The molecule has 2 nitrogen and oxygen atoms in total. The van der Waals surface area contributed by atoms with E-state index in [1.165, 1.54) is 5.57 Å². The second kappa shape index (κ2) is 11.5. The topological polar surface area (TPSA) is 21.6 Å². The summed E-state index contributed by atoms with van der Waals surface area (Å²) in [5.74, 6) is 0.705. The molecule has 0 N–H and O–H groups in total. The molecule has 0 aliphatic heterocycles. The summed E-state index contributed by atoms with van der Waals surface area (Å²) < 4.78 is 5.51. The Bertz CT molecular complexity index is 565. The zero-order chi connectivity index (χ0) is 17.8. The van der Waals surface area contributed by atoms with E-state index in [4.69, 9.17) is 4.74 Å². The molecule has 0 aliphatic rings. The van der Waals surface area contributed by atoms with Crippen LogP contribution in [0.2, 0.25) is 0 Å². The summed E-state index contributed by atoms with van der Waals surface area (Å²) in [6.45, 7) is 20.7. The molecule has 0 aliphatic carbocycles. The van der Waals surface area contributed by atoms with E-state index < -0.39 is 0 Å². The molecule has 0 aromatic carbocycles. The molecule has 0 unspecified atom stereocenters. The fourth-order valence-corrected chi connectivity index (χ4v) is 1.84. The molecule has 0 bridgehead atoms. The van der Waals surface area contributed by atoms with Crippen LogP contribution < -0.4 is 0 Å². The monoisotopic (exact) mass is 313 g/mol. The van der Waals surface area contributed by atoms with Crippen molar-refractivity contribution in [3.63, 3.8) is 0 Å². The van der Waals surface area contributed by atoms with Gasteiger partial charge >= 0.3 is 0 Å². The van der Waals surface area contributed by atoms with Crippen molar-refractivity contribution in [3.8, 4) is 0 Å². The predicted octanol–water partition coefficient (Wildman–Crippen LogP) is 6.32. The lowest BCUT2D eigenvalue weighted by molar-refractivity contribution is 0.240. The van der Waals surface area contributed by atoms with Crippen molar-refractivity contribution in [2.75, 3.05) is 6.61 Å². The lowest BCUT2D eigenvalue weighted by atomic mass is 10.1. The summed E-state index contributed by atoms with van der Waals surface area (Å²) in [5, 5.41) is 0. The Hall–Kier alpha value is -2.09. The van der Waals surface area contributed by atoms with Gasteiger partial charge in [0.25, 0.3) is 0 Å². The van der Waals surface area contributed by atoms with E-state index in [0.717, 1.165) is 28.8 Å². The smallest absolute Gasteiger partial charge is 0.119 e. The third kappa shape index (κ3) is 8.82. The molecule has 2 heteroatoms. The van der Waals surface area contributed by atoms with Crippen LogP contribution in [0.15, 0.2) is 76.2 Å². The van der Waals surface area contributed by atoms with Gasteiger partial charge in [-0.3, -0.25) is 4.99 Å². The molecular formula is C21H31NO. The summed E-state index contributed by atoms with van der Waals surface area (Å²) >= 11 is 0. The van der Waals surface area contributed by atoms with Crippen molar-refractivity contribution in [1.29, 1.82) is 0 Å². The summed E-state index contributed by atoms with van der Waals surface area (Å²) in [6.07, 6.45) is 10.9. The van der Waals surface area contributed by atoms with Crippen LogP contribution in [0.1, 0.15) is 48.0 Å². The van der Waals surface area contributed by atoms with Gasteiger partial charge in [-0.1, -0.05) is 49.5 Å². The minimum Gasteiger partial charge on any atom is -0.494 e. The maximum Gasteiger partial charge on any atom is 0.119 e. The highest BCUT2D eigenvalue weighted by Gasteiger charge is 2.02. The number of allylic oxidation sites excluding steroid dienone is 7. The highest BCUT2D eigenvalue weighted by atomic mass is 16.5. The van der Waals surface area contributed by atoms with Crippen LogP contribution in [0.4, 0.5) is 0 Å². The number of aliphatic imine (C=N–C) groups is 1. The Morgan fingerprint density at radius 2 is 1.74 bits per heavy atom. The summed E-state index contributed by atoms with van der Waals surface area (Å²) in [4.78, 5) is 4.50. The molecule has 0 saturated carbocycles. The standard InChI is InChI=1S/C21H31NO/c1-9-14-22-21(15-16(3)4)18(7)12-11-13-20(17(5)6)19(8)23-10-2/h11-15H,3,8-10H2,1-2,4-7H3/b13-11-,18-12+,21-15-,22-14-. The molecule has 0 amide bonds. The first-order valence-electron chi connectivity index (χ1n) is 8.08. The number of hydrogen-bond acceptors (Lipinski definition) is 2. The molecule has 0 aromatic rings. The second-order valence-electron chi connectivity index (χ2n) is 5.57. The van der Waals surface area contributed by atoms with E-state index in [9.17, 15) is 0 Å². The van der Waals surface area contributed by atoms with Gasteiger partial charge < -0.3 is 4.74 Å².